The van der Waals surface area contributed by atoms with Gasteiger partial charge < -0.3 is 14.4 Å². The third-order valence-corrected chi connectivity index (χ3v) is 7.31. The first kappa shape index (κ1) is 25.2. The van der Waals surface area contributed by atoms with Gasteiger partial charge in [-0.2, -0.15) is 0 Å². The van der Waals surface area contributed by atoms with E-state index in [1.54, 1.807) is 13.3 Å². The van der Waals surface area contributed by atoms with E-state index in [4.69, 9.17) is 14.5 Å². The molecular weight excluding hydrogens is 473 g/mol. The number of carbonyl (C=O) groups is 1. The molecule has 0 unspecified atom stereocenters. The van der Waals surface area contributed by atoms with Crippen LogP contribution in [-0.4, -0.2) is 77.3 Å². The maximum atomic E-state index is 13.2. The molecular formula is C28H34FN5O3. The molecule has 1 aromatic heterocycles. The fraction of sp³-hybridized carbons (Fsp3) is 0.464. The summed E-state index contributed by atoms with van der Waals surface area (Å²) in [6.45, 7) is 7.89. The van der Waals surface area contributed by atoms with E-state index in [2.05, 4.69) is 28.6 Å². The molecule has 0 spiro atoms. The molecule has 0 N–H and O–H groups in total. The molecule has 2 atom stereocenters. The zero-order valence-electron chi connectivity index (χ0n) is 21.6. The molecule has 1 amide bonds. The Morgan fingerprint density at radius 2 is 1.73 bits per heavy atom. The number of rotatable bonds is 5. The summed E-state index contributed by atoms with van der Waals surface area (Å²) < 4.78 is 24.4. The van der Waals surface area contributed by atoms with E-state index < -0.39 is 0 Å². The SMILES string of the molecule is COc1ccc2nc(N3C[C@@H](C)N(C(=O)OC4CCN(Cc5ccc(F)cc5)CC4)[C@@H](C)C3)cnc2c1. The van der Waals surface area contributed by atoms with E-state index >= 15 is 0 Å². The largest absolute Gasteiger partial charge is 0.497 e. The monoisotopic (exact) mass is 507 g/mol. The van der Waals surface area contributed by atoms with Crippen molar-refractivity contribution < 1.29 is 18.7 Å². The van der Waals surface area contributed by atoms with Gasteiger partial charge in [-0.25, -0.2) is 14.2 Å². The van der Waals surface area contributed by atoms with Gasteiger partial charge in [0.2, 0.25) is 0 Å². The van der Waals surface area contributed by atoms with Crippen LogP contribution >= 0.6 is 0 Å². The molecule has 0 radical (unpaired) electrons. The lowest BCUT2D eigenvalue weighted by Crippen LogP contribution is -2.59. The highest BCUT2D eigenvalue weighted by Gasteiger charge is 2.36. The van der Waals surface area contributed by atoms with E-state index in [9.17, 15) is 9.18 Å². The number of fused-ring (bicyclic) bond motifs is 1. The lowest BCUT2D eigenvalue weighted by Gasteiger charge is -2.44. The lowest BCUT2D eigenvalue weighted by atomic mass is 10.1. The zero-order valence-corrected chi connectivity index (χ0v) is 21.6. The average molecular weight is 508 g/mol. The highest BCUT2D eigenvalue weighted by Crippen LogP contribution is 2.26. The number of amides is 1. The molecule has 9 heteroatoms. The van der Waals surface area contributed by atoms with Crippen molar-refractivity contribution in [3.05, 3.63) is 60.0 Å². The third-order valence-electron chi connectivity index (χ3n) is 7.31. The summed E-state index contributed by atoms with van der Waals surface area (Å²) in [7, 11) is 1.63. The van der Waals surface area contributed by atoms with Crippen LogP contribution in [0, 0.1) is 5.82 Å². The number of carbonyl (C=O) groups excluding carboxylic acids is 1. The van der Waals surface area contributed by atoms with Crippen molar-refractivity contribution >= 4 is 22.9 Å². The Morgan fingerprint density at radius 3 is 2.41 bits per heavy atom. The van der Waals surface area contributed by atoms with Crippen LogP contribution < -0.4 is 9.64 Å². The predicted molar refractivity (Wildman–Crippen MR) is 140 cm³/mol. The number of nitrogens with zero attached hydrogens (tertiary/aromatic N) is 5. The van der Waals surface area contributed by atoms with E-state index in [0.717, 1.165) is 60.6 Å². The summed E-state index contributed by atoms with van der Waals surface area (Å²) in [5, 5.41) is 0. The molecule has 0 saturated carbocycles. The molecule has 2 saturated heterocycles. The first-order chi connectivity index (χ1) is 17.9. The number of hydrogen-bond donors (Lipinski definition) is 0. The number of methoxy groups -OCH3 is 1. The zero-order chi connectivity index (χ0) is 25.9. The van der Waals surface area contributed by atoms with Gasteiger partial charge >= 0.3 is 6.09 Å². The minimum Gasteiger partial charge on any atom is -0.497 e. The Morgan fingerprint density at radius 1 is 1.03 bits per heavy atom. The molecule has 8 nitrogen and oxygen atoms in total. The lowest BCUT2D eigenvalue weighted by molar-refractivity contribution is 0.0100. The summed E-state index contributed by atoms with van der Waals surface area (Å²) in [4.78, 5) is 28.9. The second-order valence-electron chi connectivity index (χ2n) is 10.1. The quantitative estimate of drug-likeness (QED) is 0.504. The van der Waals surface area contributed by atoms with Crippen molar-refractivity contribution in [2.45, 2.75) is 51.4 Å². The summed E-state index contributed by atoms with van der Waals surface area (Å²) in [5.74, 6) is 1.34. The molecule has 37 heavy (non-hydrogen) atoms. The number of anilines is 1. The Labute approximate surface area is 217 Å². The Kier molecular flexibility index (Phi) is 7.41. The number of benzene rings is 2. The summed E-state index contributed by atoms with van der Waals surface area (Å²) in [6.07, 6.45) is 3.06. The van der Waals surface area contributed by atoms with Gasteiger partial charge in [0.05, 0.1) is 36.4 Å². The van der Waals surface area contributed by atoms with Crippen molar-refractivity contribution in [3.8, 4) is 5.75 Å². The van der Waals surface area contributed by atoms with Crippen LogP contribution in [-0.2, 0) is 11.3 Å². The van der Waals surface area contributed by atoms with E-state index in [-0.39, 0.29) is 30.1 Å². The van der Waals surface area contributed by atoms with Gasteiger partial charge in [0, 0.05) is 38.8 Å². The van der Waals surface area contributed by atoms with Crippen molar-refractivity contribution in [2.24, 2.45) is 0 Å². The van der Waals surface area contributed by atoms with Gasteiger partial charge in [0.15, 0.2) is 0 Å². The maximum absolute atomic E-state index is 13.2. The molecule has 5 rings (SSSR count). The van der Waals surface area contributed by atoms with Crippen LogP contribution in [0.25, 0.3) is 11.0 Å². The standard InChI is InChI=1S/C28H34FN5O3/c1-19-16-33(27-15-30-26-14-24(36-3)8-9-25(26)31-27)17-20(2)34(19)28(35)37-23-10-12-32(13-11-23)18-21-4-6-22(29)7-5-21/h4-9,14-15,19-20,23H,10-13,16-18H2,1-3H3/t19-,20+. The second-order valence-corrected chi connectivity index (χ2v) is 10.1. The highest BCUT2D eigenvalue weighted by molar-refractivity contribution is 5.77. The molecule has 0 bridgehead atoms. The Hall–Kier alpha value is -3.46. The number of piperazine rings is 1. The number of hydrogen-bond acceptors (Lipinski definition) is 7. The van der Waals surface area contributed by atoms with Crippen LogP contribution in [0.3, 0.4) is 0 Å². The van der Waals surface area contributed by atoms with Crippen molar-refractivity contribution in [3.63, 3.8) is 0 Å². The van der Waals surface area contributed by atoms with Crippen molar-refractivity contribution in [1.29, 1.82) is 0 Å². The first-order valence-electron chi connectivity index (χ1n) is 12.9. The maximum Gasteiger partial charge on any atom is 0.410 e. The molecule has 2 fully saturated rings. The van der Waals surface area contributed by atoms with Gasteiger partial charge in [0.1, 0.15) is 23.5 Å². The number of likely N-dealkylation sites (tertiary alicyclic amines) is 1. The molecule has 3 heterocycles. The number of ether oxygens (including phenoxy) is 2. The van der Waals surface area contributed by atoms with Gasteiger partial charge in [-0.05, 0) is 56.5 Å². The molecule has 196 valence electrons. The van der Waals surface area contributed by atoms with Crippen LogP contribution in [0.15, 0.2) is 48.7 Å². The van der Waals surface area contributed by atoms with Crippen LogP contribution in [0.2, 0.25) is 0 Å². The normalized spacial score (nSPS) is 21.3. The summed E-state index contributed by atoms with van der Waals surface area (Å²) in [5.41, 5.74) is 2.69. The predicted octanol–water partition coefficient (Wildman–Crippen LogP) is 4.48. The van der Waals surface area contributed by atoms with Crippen LogP contribution in [0.4, 0.5) is 15.0 Å². The topological polar surface area (TPSA) is 71.0 Å². The fourth-order valence-corrected chi connectivity index (χ4v) is 5.37. The van der Waals surface area contributed by atoms with Crippen molar-refractivity contribution in [2.75, 3.05) is 38.2 Å². The van der Waals surface area contributed by atoms with Gasteiger partial charge in [-0.1, -0.05) is 12.1 Å². The number of piperidine rings is 1. The molecule has 3 aromatic rings. The minimum atomic E-state index is -0.242. The second kappa shape index (κ2) is 10.9. The van der Waals surface area contributed by atoms with E-state index in [1.165, 1.54) is 12.1 Å². The Balaban J connectivity index is 1.15. The molecule has 2 aliphatic heterocycles. The van der Waals surface area contributed by atoms with E-state index in [0.29, 0.717) is 13.1 Å². The average Bonchev–Trinajstić information content (AvgIpc) is 2.90. The fourth-order valence-electron chi connectivity index (χ4n) is 5.37. The number of halogens is 1. The third kappa shape index (κ3) is 5.77. The summed E-state index contributed by atoms with van der Waals surface area (Å²) in [6, 6.07) is 12.3. The molecule has 0 aliphatic carbocycles. The van der Waals surface area contributed by atoms with Crippen LogP contribution in [0.1, 0.15) is 32.3 Å². The van der Waals surface area contributed by atoms with Crippen molar-refractivity contribution in [1.82, 2.24) is 19.8 Å². The molecule has 2 aromatic carbocycles. The highest BCUT2D eigenvalue weighted by atomic mass is 19.1. The van der Waals surface area contributed by atoms with Gasteiger partial charge in [0.25, 0.3) is 0 Å². The van der Waals surface area contributed by atoms with Gasteiger partial charge in [-0.15, -0.1) is 0 Å². The van der Waals surface area contributed by atoms with E-state index in [1.807, 2.05) is 35.2 Å². The molecule has 2 aliphatic rings. The van der Waals surface area contributed by atoms with Crippen LogP contribution in [0.5, 0.6) is 5.75 Å². The smallest absolute Gasteiger partial charge is 0.410 e. The summed E-state index contributed by atoms with van der Waals surface area (Å²) >= 11 is 0. The Bertz CT molecular complexity index is 1220. The first-order valence-corrected chi connectivity index (χ1v) is 12.9. The minimum absolute atomic E-state index is 0.0248. The number of aromatic nitrogens is 2. The van der Waals surface area contributed by atoms with Gasteiger partial charge in [-0.3, -0.25) is 14.8 Å².